The van der Waals surface area contributed by atoms with Gasteiger partial charge in [-0.2, -0.15) is 0 Å². The molecule has 2 N–H and O–H groups in total. The quantitative estimate of drug-likeness (QED) is 0.863. The molecule has 0 aliphatic heterocycles. The summed E-state index contributed by atoms with van der Waals surface area (Å²) >= 11 is 0. The first-order chi connectivity index (χ1) is 9.63. The summed E-state index contributed by atoms with van der Waals surface area (Å²) in [5, 5.41) is 13.5. The highest BCUT2D eigenvalue weighted by molar-refractivity contribution is 5.55. The number of hydrogen-bond donors (Lipinski definition) is 2. The SMILES string of the molecule is CCOc1cccc(CNc2cccc(C)c2C)c1O. The van der Waals surface area contributed by atoms with Crippen LogP contribution in [0.25, 0.3) is 0 Å². The molecule has 0 atom stereocenters. The van der Waals surface area contributed by atoms with Crippen LogP contribution in [0, 0.1) is 13.8 Å². The molecule has 0 saturated heterocycles. The number of aryl methyl sites for hydroxylation is 1. The Morgan fingerprint density at radius 2 is 1.85 bits per heavy atom. The second-order valence-electron chi connectivity index (χ2n) is 4.80. The second kappa shape index (κ2) is 6.33. The number of ether oxygens (including phenoxy) is 1. The zero-order valence-corrected chi connectivity index (χ0v) is 12.2. The summed E-state index contributed by atoms with van der Waals surface area (Å²) in [5.41, 5.74) is 4.40. The minimum absolute atomic E-state index is 0.215. The number of phenols is 1. The third-order valence-electron chi connectivity index (χ3n) is 3.46. The third-order valence-corrected chi connectivity index (χ3v) is 3.46. The minimum atomic E-state index is 0.215. The summed E-state index contributed by atoms with van der Waals surface area (Å²) in [6.07, 6.45) is 0. The fourth-order valence-electron chi connectivity index (χ4n) is 2.12. The number of anilines is 1. The highest BCUT2D eigenvalue weighted by atomic mass is 16.5. The van der Waals surface area contributed by atoms with E-state index >= 15 is 0 Å². The van der Waals surface area contributed by atoms with Crippen molar-refractivity contribution in [2.45, 2.75) is 27.3 Å². The Balaban J connectivity index is 2.15. The lowest BCUT2D eigenvalue weighted by molar-refractivity contribution is 0.317. The van der Waals surface area contributed by atoms with E-state index in [-0.39, 0.29) is 5.75 Å². The molecule has 0 saturated carbocycles. The van der Waals surface area contributed by atoms with Crippen molar-refractivity contribution in [1.29, 1.82) is 0 Å². The van der Waals surface area contributed by atoms with Crippen molar-refractivity contribution in [2.75, 3.05) is 11.9 Å². The normalized spacial score (nSPS) is 10.3. The van der Waals surface area contributed by atoms with Gasteiger partial charge in [-0.1, -0.05) is 24.3 Å². The predicted molar refractivity (Wildman–Crippen MR) is 82.5 cm³/mol. The Morgan fingerprint density at radius 1 is 1.10 bits per heavy atom. The van der Waals surface area contributed by atoms with E-state index in [1.54, 1.807) is 6.07 Å². The van der Waals surface area contributed by atoms with E-state index in [1.165, 1.54) is 11.1 Å². The molecular weight excluding hydrogens is 250 g/mol. The molecule has 0 radical (unpaired) electrons. The van der Waals surface area contributed by atoms with Crippen LogP contribution in [-0.2, 0) is 6.54 Å². The van der Waals surface area contributed by atoms with Gasteiger partial charge in [0.15, 0.2) is 11.5 Å². The maximum atomic E-state index is 10.2. The number of hydrogen-bond acceptors (Lipinski definition) is 3. The molecule has 0 heterocycles. The summed E-state index contributed by atoms with van der Waals surface area (Å²) in [5.74, 6) is 0.750. The second-order valence-corrected chi connectivity index (χ2v) is 4.80. The molecule has 3 heteroatoms. The van der Waals surface area contributed by atoms with Crippen LogP contribution < -0.4 is 10.1 Å². The van der Waals surface area contributed by atoms with E-state index < -0.39 is 0 Å². The number of rotatable bonds is 5. The van der Waals surface area contributed by atoms with Crippen LogP contribution in [0.15, 0.2) is 36.4 Å². The molecule has 0 aliphatic rings. The molecule has 106 valence electrons. The predicted octanol–water partition coefficient (Wildman–Crippen LogP) is 4.02. The molecule has 0 aromatic heterocycles. The summed E-state index contributed by atoms with van der Waals surface area (Å²) < 4.78 is 5.39. The van der Waals surface area contributed by atoms with E-state index in [2.05, 4.69) is 25.2 Å². The van der Waals surface area contributed by atoms with E-state index in [9.17, 15) is 5.11 Å². The first-order valence-electron chi connectivity index (χ1n) is 6.87. The molecule has 0 fully saturated rings. The smallest absolute Gasteiger partial charge is 0.162 e. The van der Waals surface area contributed by atoms with Gasteiger partial charge < -0.3 is 15.2 Å². The van der Waals surface area contributed by atoms with Crippen molar-refractivity contribution in [2.24, 2.45) is 0 Å². The van der Waals surface area contributed by atoms with Crippen molar-refractivity contribution >= 4 is 5.69 Å². The van der Waals surface area contributed by atoms with Crippen LogP contribution in [0.5, 0.6) is 11.5 Å². The Hall–Kier alpha value is -2.16. The molecule has 0 aliphatic carbocycles. The largest absolute Gasteiger partial charge is 0.504 e. The standard InChI is InChI=1S/C17H21NO2/c1-4-20-16-10-6-8-14(17(16)19)11-18-15-9-5-7-12(2)13(15)3/h5-10,18-19H,4,11H2,1-3H3. The van der Waals surface area contributed by atoms with E-state index in [1.807, 2.05) is 31.2 Å². The average Bonchev–Trinajstić information content (AvgIpc) is 2.44. The lowest BCUT2D eigenvalue weighted by Crippen LogP contribution is -2.03. The Kier molecular flexibility index (Phi) is 4.51. The molecule has 2 aromatic rings. The zero-order valence-electron chi connectivity index (χ0n) is 12.2. The van der Waals surface area contributed by atoms with Crippen LogP contribution in [-0.4, -0.2) is 11.7 Å². The molecular formula is C17H21NO2. The number of nitrogens with one attached hydrogen (secondary N) is 1. The van der Waals surface area contributed by atoms with Crippen molar-refractivity contribution in [3.63, 3.8) is 0 Å². The van der Waals surface area contributed by atoms with Gasteiger partial charge in [0, 0.05) is 17.8 Å². The van der Waals surface area contributed by atoms with Crippen LogP contribution in [0.1, 0.15) is 23.6 Å². The fraction of sp³-hybridized carbons (Fsp3) is 0.294. The highest BCUT2D eigenvalue weighted by Gasteiger charge is 2.08. The van der Waals surface area contributed by atoms with Crippen molar-refractivity contribution in [3.05, 3.63) is 53.1 Å². The van der Waals surface area contributed by atoms with Crippen LogP contribution in [0.2, 0.25) is 0 Å². The fourth-order valence-corrected chi connectivity index (χ4v) is 2.12. The van der Waals surface area contributed by atoms with Crippen LogP contribution >= 0.6 is 0 Å². The maximum absolute atomic E-state index is 10.2. The van der Waals surface area contributed by atoms with E-state index in [0.717, 1.165) is 11.3 Å². The number of benzene rings is 2. The maximum Gasteiger partial charge on any atom is 0.162 e. The summed E-state index contributed by atoms with van der Waals surface area (Å²) in [4.78, 5) is 0. The van der Waals surface area contributed by atoms with Gasteiger partial charge in [-0.15, -0.1) is 0 Å². The summed E-state index contributed by atoms with van der Waals surface area (Å²) in [6, 6.07) is 11.7. The zero-order chi connectivity index (χ0) is 14.5. The molecule has 2 aromatic carbocycles. The van der Waals surface area contributed by atoms with E-state index in [4.69, 9.17) is 4.74 Å². The number of phenolic OH excluding ortho intramolecular Hbond substituents is 1. The summed E-state index contributed by atoms with van der Waals surface area (Å²) in [7, 11) is 0. The van der Waals surface area contributed by atoms with Crippen LogP contribution in [0.3, 0.4) is 0 Å². The van der Waals surface area contributed by atoms with Gasteiger partial charge in [0.1, 0.15) is 0 Å². The molecule has 0 unspecified atom stereocenters. The Morgan fingerprint density at radius 3 is 2.60 bits per heavy atom. The van der Waals surface area contributed by atoms with Gasteiger partial charge in [0.2, 0.25) is 0 Å². The molecule has 2 rings (SSSR count). The van der Waals surface area contributed by atoms with Gasteiger partial charge in [0.25, 0.3) is 0 Å². The van der Waals surface area contributed by atoms with Gasteiger partial charge in [0.05, 0.1) is 6.61 Å². The highest BCUT2D eigenvalue weighted by Crippen LogP contribution is 2.30. The first-order valence-corrected chi connectivity index (χ1v) is 6.87. The number of para-hydroxylation sites is 1. The van der Waals surface area contributed by atoms with Crippen molar-refractivity contribution in [1.82, 2.24) is 0 Å². The van der Waals surface area contributed by atoms with Crippen LogP contribution in [0.4, 0.5) is 5.69 Å². The Bertz CT molecular complexity index is 594. The monoisotopic (exact) mass is 271 g/mol. The molecule has 0 bridgehead atoms. The molecule has 20 heavy (non-hydrogen) atoms. The minimum Gasteiger partial charge on any atom is -0.504 e. The molecule has 3 nitrogen and oxygen atoms in total. The third kappa shape index (κ3) is 3.05. The van der Waals surface area contributed by atoms with Gasteiger partial charge in [-0.3, -0.25) is 0 Å². The Labute approximate surface area is 120 Å². The summed E-state index contributed by atoms with van der Waals surface area (Å²) in [6.45, 7) is 7.20. The topological polar surface area (TPSA) is 41.5 Å². The van der Waals surface area contributed by atoms with Gasteiger partial charge in [-0.05, 0) is 44.0 Å². The average molecular weight is 271 g/mol. The lowest BCUT2D eigenvalue weighted by atomic mass is 10.1. The van der Waals surface area contributed by atoms with Gasteiger partial charge >= 0.3 is 0 Å². The van der Waals surface area contributed by atoms with Crippen molar-refractivity contribution < 1.29 is 9.84 Å². The van der Waals surface area contributed by atoms with Crippen molar-refractivity contribution in [3.8, 4) is 11.5 Å². The number of aromatic hydroxyl groups is 1. The molecule has 0 amide bonds. The lowest BCUT2D eigenvalue weighted by Gasteiger charge is -2.14. The van der Waals surface area contributed by atoms with E-state index in [0.29, 0.717) is 18.9 Å². The first kappa shape index (κ1) is 14.3. The molecule has 0 spiro atoms. The van der Waals surface area contributed by atoms with Gasteiger partial charge in [-0.25, -0.2) is 0 Å².